The van der Waals surface area contributed by atoms with Gasteiger partial charge in [0.15, 0.2) is 0 Å². The molecule has 92 valence electrons. The number of hydrogen-bond donors (Lipinski definition) is 1. The summed E-state index contributed by atoms with van der Waals surface area (Å²) in [7, 11) is 0. The summed E-state index contributed by atoms with van der Waals surface area (Å²) in [6, 6.07) is 7.97. The van der Waals surface area contributed by atoms with Crippen LogP contribution in [0.3, 0.4) is 0 Å². The van der Waals surface area contributed by atoms with E-state index in [2.05, 4.69) is 5.32 Å². The molecule has 3 nitrogen and oxygen atoms in total. The second-order valence-electron chi connectivity index (χ2n) is 5.45. The molecule has 0 spiro atoms. The Morgan fingerprint density at radius 1 is 1.35 bits per heavy atom. The molecule has 0 aromatic heterocycles. The molecule has 0 bridgehead atoms. The third kappa shape index (κ3) is 2.60. The summed E-state index contributed by atoms with van der Waals surface area (Å²) in [5.74, 6) is 0.970. The number of carbonyl (C=O) groups is 1. The molecule has 0 saturated heterocycles. The molecule has 1 heterocycles. The van der Waals surface area contributed by atoms with Crippen LogP contribution < -0.4 is 10.1 Å². The Balaban J connectivity index is 2.17. The fourth-order valence-electron chi connectivity index (χ4n) is 1.87. The van der Waals surface area contributed by atoms with E-state index in [9.17, 15) is 4.79 Å². The Morgan fingerprint density at radius 3 is 2.76 bits per heavy atom. The third-order valence-electron chi connectivity index (χ3n) is 2.95. The number of benzene rings is 1. The molecule has 1 unspecified atom stereocenters. The van der Waals surface area contributed by atoms with Crippen LogP contribution in [0.4, 0.5) is 0 Å². The first-order valence-electron chi connectivity index (χ1n) is 6.01. The lowest BCUT2D eigenvalue weighted by molar-refractivity contribution is -0.129. The molecule has 17 heavy (non-hydrogen) atoms. The lowest BCUT2D eigenvalue weighted by Crippen LogP contribution is -2.39. The van der Waals surface area contributed by atoms with Gasteiger partial charge in [-0.15, -0.1) is 0 Å². The van der Waals surface area contributed by atoms with Gasteiger partial charge in [-0.25, -0.2) is 0 Å². The molecular weight excluding hydrogens is 214 g/mol. The van der Waals surface area contributed by atoms with Crippen molar-refractivity contribution in [1.82, 2.24) is 5.32 Å². The average molecular weight is 233 g/mol. The molecule has 1 aromatic carbocycles. The minimum absolute atomic E-state index is 0.0756. The van der Waals surface area contributed by atoms with Crippen molar-refractivity contribution in [1.29, 1.82) is 0 Å². The zero-order chi connectivity index (χ0) is 12.5. The number of ether oxygens (including phenoxy) is 1. The summed E-state index contributed by atoms with van der Waals surface area (Å²) in [4.78, 5) is 12.0. The first-order valence-corrected chi connectivity index (χ1v) is 6.01. The topological polar surface area (TPSA) is 38.3 Å². The lowest BCUT2D eigenvalue weighted by Gasteiger charge is -2.29. The second-order valence-corrected chi connectivity index (χ2v) is 5.45. The number of hydrogen-bond acceptors (Lipinski definition) is 2. The summed E-state index contributed by atoms with van der Waals surface area (Å²) >= 11 is 0. The number of fused-ring (bicyclic) bond motifs is 1. The first kappa shape index (κ1) is 12.0. The van der Waals surface area contributed by atoms with Gasteiger partial charge < -0.3 is 10.1 Å². The van der Waals surface area contributed by atoms with Crippen molar-refractivity contribution in [2.75, 3.05) is 6.61 Å². The average Bonchev–Trinajstić information content (AvgIpc) is 2.28. The number of carbonyl (C=O) groups excluding carboxylic acids is 1. The van der Waals surface area contributed by atoms with E-state index in [0.29, 0.717) is 6.61 Å². The van der Waals surface area contributed by atoms with Crippen LogP contribution in [0, 0.1) is 5.41 Å². The van der Waals surface area contributed by atoms with Gasteiger partial charge in [0.25, 0.3) is 0 Å². The molecule has 1 N–H and O–H groups in total. The fourth-order valence-corrected chi connectivity index (χ4v) is 1.87. The minimum Gasteiger partial charge on any atom is -0.493 e. The van der Waals surface area contributed by atoms with Crippen LogP contribution in [-0.2, 0) is 4.79 Å². The molecular formula is C14H19NO2. The van der Waals surface area contributed by atoms with Gasteiger partial charge in [-0.1, -0.05) is 39.0 Å². The number of rotatable bonds is 1. The highest BCUT2D eigenvalue weighted by Crippen LogP contribution is 2.32. The quantitative estimate of drug-likeness (QED) is 0.810. The van der Waals surface area contributed by atoms with Crippen LogP contribution in [0.2, 0.25) is 0 Å². The molecule has 1 aromatic rings. The zero-order valence-electron chi connectivity index (χ0n) is 10.6. The van der Waals surface area contributed by atoms with Gasteiger partial charge in [0.1, 0.15) is 5.75 Å². The van der Waals surface area contributed by atoms with E-state index in [4.69, 9.17) is 4.74 Å². The number of para-hydroxylation sites is 1. The van der Waals surface area contributed by atoms with Crippen LogP contribution in [0.25, 0.3) is 0 Å². The van der Waals surface area contributed by atoms with Crippen molar-refractivity contribution in [3.63, 3.8) is 0 Å². The molecule has 1 atom stereocenters. The summed E-state index contributed by atoms with van der Waals surface area (Å²) in [6.45, 7) is 6.43. The van der Waals surface area contributed by atoms with Crippen LogP contribution in [0.5, 0.6) is 5.75 Å². The zero-order valence-corrected chi connectivity index (χ0v) is 10.6. The monoisotopic (exact) mass is 233 g/mol. The summed E-state index contributed by atoms with van der Waals surface area (Å²) in [5.41, 5.74) is 0.726. The Labute approximate surface area is 102 Å². The predicted molar refractivity (Wildman–Crippen MR) is 66.9 cm³/mol. The molecule has 0 radical (unpaired) electrons. The highest BCUT2D eigenvalue weighted by atomic mass is 16.5. The van der Waals surface area contributed by atoms with Gasteiger partial charge in [-0.2, -0.15) is 0 Å². The second kappa shape index (κ2) is 4.40. The molecule has 0 fully saturated rings. The standard InChI is InChI=1S/C14H19NO2/c1-14(2,3)13(16)15-11-8-9-17-12-7-5-4-6-10(11)12/h4-7,11H,8-9H2,1-3H3,(H,15,16). The van der Waals surface area contributed by atoms with Crippen molar-refractivity contribution in [3.8, 4) is 5.75 Å². The smallest absolute Gasteiger partial charge is 0.225 e. The normalized spacial score (nSPS) is 19.1. The Bertz CT molecular complexity index is 420. The lowest BCUT2D eigenvalue weighted by atomic mass is 9.93. The van der Waals surface area contributed by atoms with Crippen LogP contribution in [0.15, 0.2) is 24.3 Å². The third-order valence-corrected chi connectivity index (χ3v) is 2.95. The van der Waals surface area contributed by atoms with Gasteiger partial charge in [-0.3, -0.25) is 4.79 Å². The maximum atomic E-state index is 12.0. The summed E-state index contributed by atoms with van der Waals surface area (Å²) < 4.78 is 5.57. The van der Waals surface area contributed by atoms with Gasteiger partial charge in [-0.05, 0) is 6.07 Å². The molecule has 0 aliphatic carbocycles. The maximum Gasteiger partial charge on any atom is 0.225 e. The van der Waals surface area contributed by atoms with E-state index in [1.54, 1.807) is 0 Å². The Hall–Kier alpha value is -1.51. The van der Waals surface area contributed by atoms with E-state index < -0.39 is 0 Å². The van der Waals surface area contributed by atoms with E-state index in [1.165, 1.54) is 0 Å². The van der Waals surface area contributed by atoms with E-state index in [0.717, 1.165) is 17.7 Å². The van der Waals surface area contributed by atoms with Gasteiger partial charge in [0.05, 0.1) is 12.6 Å². The largest absolute Gasteiger partial charge is 0.493 e. The van der Waals surface area contributed by atoms with Crippen molar-refractivity contribution in [2.24, 2.45) is 5.41 Å². The molecule has 0 saturated carbocycles. The van der Waals surface area contributed by atoms with E-state index in [1.807, 2.05) is 45.0 Å². The molecule has 2 rings (SSSR count). The SMILES string of the molecule is CC(C)(C)C(=O)NC1CCOc2ccccc21. The number of amides is 1. The predicted octanol–water partition coefficient (Wildman–Crippen LogP) is 2.67. The van der Waals surface area contributed by atoms with Crippen molar-refractivity contribution in [2.45, 2.75) is 33.2 Å². The summed E-state index contributed by atoms with van der Waals surface area (Å²) in [6.07, 6.45) is 0.832. The fraction of sp³-hybridized carbons (Fsp3) is 0.500. The van der Waals surface area contributed by atoms with Gasteiger partial charge in [0, 0.05) is 17.4 Å². The molecule has 1 aliphatic heterocycles. The van der Waals surface area contributed by atoms with Gasteiger partial charge in [0.2, 0.25) is 5.91 Å². The number of nitrogens with one attached hydrogen (secondary N) is 1. The maximum absolute atomic E-state index is 12.0. The van der Waals surface area contributed by atoms with Crippen LogP contribution in [-0.4, -0.2) is 12.5 Å². The van der Waals surface area contributed by atoms with Crippen LogP contribution >= 0.6 is 0 Å². The van der Waals surface area contributed by atoms with Gasteiger partial charge >= 0.3 is 0 Å². The highest BCUT2D eigenvalue weighted by Gasteiger charge is 2.27. The van der Waals surface area contributed by atoms with E-state index in [-0.39, 0.29) is 17.4 Å². The first-order chi connectivity index (χ1) is 7.98. The Morgan fingerprint density at radius 2 is 2.06 bits per heavy atom. The van der Waals surface area contributed by atoms with Crippen molar-refractivity contribution < 1.29 is 9.53 Å². The van der Waals surface area contributed by atoms with E-state index >= 15 is 0 Å². The highest BCUT2D eigenvalue weighted by molar-refractivity contribution is 5.81. The molecule has 3 heteroatoms. The Kier molecular flexibility index (Phi) is 3.09. The van der Waals surface area contributed by atoms with Crippen molar-refractivity contribution in [3.05, 3.63) is 29.8 Å². The minimum atomic E-state index is -0.354. The molecule has 1 amide bonds. The molecule has 1 aliphatic rings. The summed E-state index contributed by atoms with van der Waals surface area (Å²) in [5, 5.41) is 3.10. The van der Waals surface area contributed by atoms with Crippen LogP contribution in [0.1, 0.15) is 38.8 Å². The van der Waals surface area contributed by atoms with Crippen molar-refractivity contribution >= 4 is 5.91 Å².